The van der Waals surface area contributed by atoms with Crippen molar-refractivity contribution in [3.8, 4) is 17.6 Å². The number of carbonyl (C=O) groups excluding carboxylic acids is 1. The number of benzene rings is 1. The van der Waals surface area contributed by atoms with Gasteiger partial charge < -0.3 is 14.8 Å². The van der Waals surface area contributed by atoms with Crippen LogP contribution in [0.1, 0.15) is 51.6 Å². The van der Waals surface area contributed by atoms with Gasteiger partial charge in [0.15, 0.2) is 11.5 Å². The van der Waals surface area contributed by atoms with Gasteiger partial charge in [-0.25, -0.2) is 0 Å². The van der Waals surface area contributed by atoms with Crippen molar-refractivity contribution in [3.05, 3.63) is 23.8 Å². The van der Waals surface area contributed by atoms with Crippen LogP contribution in [0.2, 0.25) is 0 Å². The minimum Gasteiger partial charge on any atom is -0.490 e. The summed E-state index contributed by atoms with van der Waals surface area (Å²) in [6, 6.07) is 8.51. The molecule has 0 saturated carbocycles. The summed E-state index contributed by atoms with van der Waals surface area (Å²) in [5, 5.41) is 12.3. The van der Waals surface area contributed by atoms with Crippen molar-refractivity contribution < 1.29 is 14.3 Å². The van der Waals surface area contributed by atoms with E-state index in [0.29, 0.717) is 19.8 Å². The molecule has 146 valence electrons. The summed E-state index contributed by atoms with van der Waals surface area (Å²) in [6.07, 6.45) is 2.94. The SMILES string of the molecule is CC(C)[C@@](C)(C#N)NC(=O)CN1CCC[C@@H]1c1ccc2c(c1)OCCCO2. The van der Waals surface area contributed by atoms with Crippen molar-refractivity contribution in [1.82, 2.24) is 10.2 Å². The fourth-order valence-electron chi connectivity index (χ4n) is 3.60. The Morgan fingerprint density at radius 1 is 1.33 bits per heavy atom. The van der Waals surface area contributed by atoms with E-state index in [1.165, 1.54) is 0 Å². The fraction of sp³-hybridized carbons (Fsp3) is 0.619. The molecule has 2 aliphatic rings. The fourth-order valence-corrected chi connectivity index (χ4v) is 3.60. The second-order valence-corrected chi connectivity index (χ2v) is 7.90. The van der Waals surface area contributed by atoms with Gasteiger partial charge >= 0.3 is 0 Å². The number of ether oxygens (including phenoxy) is 2. The molecule has 0 radical (unpaired) electrons. The standard InChI is InChI=1S/C21H29N3O3/c1-15(2)21(3,14-22)23-20(25)13-24-9-4-6-17(24)16-7-8-18-19(12-16)27-11-5-10-26-18/h7-8,12,15,17H,4-6,9-11,13H2,1-3H3,(H,23,25)/t17-,21-/m1/s1. The Hall–Kier alpha value is -2.26. The first-order valence-electron chi connectivity index (χ1n) is 9.79. The van der Waals surface area contributed by atoms with Gasteiger partial charge in [-0.3, -0.25) is 9.69 Å². The van der Waals surface area contributed by atoms with Crippen molar-refractivity contribution in [1.29, 1.82) is 5.26 Å². The largest absolute Gasteiger partial charge is 0.490 e. The molecule has 6 nitrogen and oxygen atoms in total. The Bertz CT molecular complexity index is 728. The minimum atomic E-state index is -0.846. The van der Waals surface area contributed by atoms with E-state index in [4.69, 9.17) is 9.47 Å². The molecule has 1 saturated heterocycles. The Labute approximate surface area is 161 Å². The van der Waals surface area contributed by atoms with Crippen LogP contribution >= 0.6 is 0 Å². The number of nitriles is 1. The van der Waals surface area contributed by atoms with Crippen LogP contribution < -0.4 is 14.8 Å². The van der Waals surface area contributed by atoms with Crippen LogP contribution in [0.25, 0.3) is 0 Å². The molecule has 1 amide bonds. The molecule has 6 heteroatoms. The zero-order chi connectivity index (χ0) is 19.4. The van der Waals surface area contributed by atoms with Crippen LogP contribution in [0.15, 0.2) is 18.2 Å². The topological polar surface area (TPSA) is 74.6 Å². The zero-order valence-corrected chi connectivity index (χ0v) is 16.5. The molecular formula is C21H29N3O3. The van der Waals surface area contributed by atoms with Crippen LogP contribution in [0.3, 0.4) is 0 Å². The van der Waals surface area contributed by atoms with E-state index < -0.39 is 5.54 Å². The summed E-state index contributed by atoms with van der Waals surface area (Å²) in [5.41, 5.74) is 0.304. The lowest BCUT2D eigenvalue weighted by Gasteiger charge is -2.30. The molecule has 1 fully saturated rings. The van der Waals surface area contributed by atoms with Gasteiger partial charge in [0.05, 0.1) is 25.8 Å². The third-order valence-corrected chi connectivity index (χ3v) is 5.65. The summed E-state index contributed by atoms with van der Waals surface area (Å²) in [6.45, 7) is 8.17. The molecule has 2 atom stereocenters. The first-order valence-corrected chi connectivity index (χ1v) is 9.79. The third-order valence-electron chi connectivity index (χ3n) is 5.65. The van der Waals surface area contributed by atoms with Crippen LogP contribution in [-0.2, 0) is 4.79 Å². The second-order valence-electron chi connectivity index (χ2n) is 7.90. The molecular weight excluding hydrogens is 342 g/mol. The van der Waals surface area contributed by atoms with E-state index in [1.54, 1.807) is 6.92 Å². The van der Waals surface area contributed by atoms with Gasteiger partial charge in [0, 0.05) is 12.5 Å². The molecule has 0 unspecified atom stereocenters. The van der Waals surface area contributed by atoms with Crippen molar-refractivity contribution in [2.45, 2.75) is 51.6 Å². The Morgan fingerprint density at radius 3 is 2.78 bits per heavy atom. The average Bonchev–Trinajstić information content (AvgIpc) is 2.96. The van der Waals surface area contributed by atoms with Gasteiger partial charge in [-0.15, -0.1) is 0 Å². The quantitative estimate of drug-likeness (QED) is 0.861. The molecule has 2 aliphatic heterocycles. The highest BCUT2D eigenvalue weighted by Gasteiger charge is 2.33. The van der Waals surface area contributed by atoms with Gasteiger partial charge in [-0.05, 0) is 49.9 Å². The number of hydrogen-bond donors (Lipinski definition) is 1. The maximum Gasteiger partial charge on any atom is 0.235 e. The third kappa shape index (κ3) is 4.36. The first kappa shape index (κ1) is 19.5. The number of carbonyl (C=O) groups is 1. The summed E-state index contributed by atoms with van der Waals surface area (Å²) >= 11 is 0. The summed E-state index contributed by atoms with van der Waals surface area (Å²) in [5.74, 6) is 1.52. The van der Waals surface area contributed by atoms with Gasteiger partial charge in [0.2, 0.25) is 5.91 Å². The number of likely N-dealkylation sites (tertiary alicyclic amines) is 1. The van der Waals surface area contributed by atoms with Crippen LogP contribution in [0, 0.1) is 17.2 Å². The minimum absolute atomic E-state index is 0.0440. The Kier molecular flexibility index (Phi) is 5.91. The van der Waals surface area contributed by atoms with Crippen molar-refractivity contribution in [3.63, 3.8) is 0 Å². The van der Waals surface area contributed by atoms with Gasteiger partial charge in [0.1, 0.15) is 5.54 Å². The van der Waals surface area contributed by atoms with Crippen LogP contribution in [0.5, 0.6) is 11.5 Å². The molecule has 1 aromatic rings. The number of nitrogens with one attached hydrogen (secondary N) is 1. The average molecular weight is 371 g/mol. The smallest absolute Gasteiger partial charge is 0.235 e. The molecule has 27 heavy (non-hydrogen) atoms. The normalized spacial score (nSPS) is 22.0. The Morgan fingerprint density at radius 2 is 2.07 bits per heavy atom. The van der Waals surface area contributed by atoms with E-state index in [1.807, 2.05) is 19.9 Å². The molecule has 1 N–H and O–H groups in total. The Balaban J connectivity index is 1.70. The lowest BCUT2D eigenvalue weighted by atomic mass is 9.90. The highest BCUT2D eigenvalue weighted by molar-refractivity contribution is 5.79. The molecule has 0 bridgehead atoms. The zero-order valence-electron chi connectivity index (χ0n) is 16.5. The number of rotatable bonds is 5. The van der Waals surface area contributed by atoms with E-state index in [9.17, 15) is 10.1 Å². The van der Waals surface area contributed by atoms with Crippen molar-refractivity contribution in [2.75, 3.05) is 26.3 Å². The van der Waals surface area contributed by atoms with Crippen molar-refractivity contribution in [2.24, 2.45) is 5.92 Å². The van der Waals surface area contributed by atoms with Crippen LogP contribution in [0.4, 0.5) is 0 Å². The van der Waals surface area contributed by atoms with Gasteiger partial charge in [-0.1, -0.05) is 19.9 Å². The predicted octanol–water partition coefficient (Wildman–Crippen LogP) is 3.04. The second kappa shape index (κ2) is 8.18. The summed E-state index contributed by atoms with van der Waals surface area (Å²) in [7, 11) is 0. The molecule has 0 aromatic heterocycles. The van der Waals surface area contributed by atoms with Crippen molar-refractivity contribution >= 4 is 5.91 Å². The monoisotopic (exact) mass is 371 g/mol. The molecule has 3 rings (SSSR count). The highest BCUT2D eigenvalue weighted by Crippen LogP contribution is 2.37. The molecule has 0 spiro atoms. The van der Waals surface area contributed by atoms with E-state index in [-0.39, 0.29) is 17.9 Å². The molecule has 2 heterocycles. The number of hydrogen-bond acceptors (Lipinski definition) is 5. The van der Waals surface area contributed by atoms with E-state index >= 15 is 0 Å². The van der Waals surface area contributed by atoms with E-state index in [0.717, 1.165) is 42.9 Å². The maximum absolute atomic E-state index is 12.6. The predicted molar refractivity (Wildman–Crippen MR) is 103 cm³/mol. The van der Waals surface area contributed by atoms with Gasteiger partial charge in [-0.2, -0.15) is 5.26 Å². The molecule has 1 aromatic carbocycles. The number of amides is 1. The number of fused-ring (bicyclic) bond motifs is 1. The molecule has 0 aliphatic carbocycles. The van der Waals surface area contributed by atoms with Gasteiger partial charge in [0.25, 0.3) is 0 Å². The summed E-state index contributed by atoms with van der Waals surface area (Å²) < 4.78 is 11.5. The lowest BCUT2D eigenvalue weighted by Crippen LogP contribution is -2.51. The van der Waals surface area contributed by atoms with E-state index in [2.05, 4.69) is 28.4 Å². The van der Waals surface area contributed by atoms with Crippen LogP contribution in [-0.4, -0.2) is 42.6 Å². The highest BCUT2D eigenvalue weighted by atomic mass is 16.5. The maximum atomic E-state index is 12.6. The summed E-state index contributed by atoms with van der Waals surface area (Å²) in [4.78, 5) is 14.8. The first-order chi connectivity index (χ1) is 12.9. The lowest BCUT2D eigenvalue weighted by molar-refractivity contribution is -0.124. The number of nitrogens with zero attached hydrogens (tertiary/aromatic N) is 2.